The number of rotatable bonds is 7. The van der Waals surface area contributed by atoms with Crippen LogP contribution in [0.5, 0.6) is 0 Å². The summed E-state index contributed by atoms with van der Waals surface area (Å²) in [5, 5.41) is 4.08. The summed E-state index contributed by atoms with van der Waals surface area (Å²) in [6, 6.07) is 0. The van der Waals surface area contributed by atoms with Crippen LogP contribution in [-0.4, -0.2) is 15.7 Å². The molecule has 6 heteroatoms. The van der Waals surface area contributed by atoms with E-state index >= 15 is 0 Å². The third-order valence-corrected chi connectivity index (χ3v) is 5.55. The Morgan fingerprint density at radius 1 is 1.41 bits per heavy atom. The normalized spacial score (nSPS) is 12.0. The molecule has 0 fully saturated rings. The number of hydrogen-bond donors (Lipinski definition) is 1. The van der Waals surface area contributed by atoms with Crippen LogP contribution < -0.4 is 4.72 Å². The summed E-state index contributed by atoms with van der Waals surface area (Å²) in [6.07, 6.45) is 7.96. The third kappa shape index (κ3) is 4.56. The second kappa shape index (κ2) is 8.31. The first-order chi connectivity index (χ1) is 10.6. The molecule has 0 unspecified atom stereocenters. The quantitative estimate of drug-likeness (QED) is 0.519. The van der Waals surface area contributed by atoms with Gasteiger partial charge in [-0.25, -0.2) is 9.97 Å². The standard InChI is InChI=1S/C16H19N3S3/c1-5-7-13(8-6-2)9-21-19-16-18-14(10-20-16)15-11(3)17-12(4)22-15/h5-8,10H,1,9H2,2-4H3,(H,18,19)/b8-6-,13-7+. The number of thiazole rings is 2. The average Bonchev–Trinajstić information content (AvgIpc) is 3.06. The van der Waals surface area contributed by atoms with Crippen molar-refractivity contribution in [3.05, 3.63) is 52.5 Å². The first-order valence-corrected chi connectivity index (χ1v) is 9.54. The Hall–Kier alpha value is -1.37. The first kappa shape index (κ1) is 17.0. The van der Waals surface area contributed by atoms with Gasteiger partial charge in [-0.15, -0.1) is 22.7 Å². The number of aromatic nitrogens is 2. The van der Waals surface area contributed by atoms with Gasteiger partial charge in [-0.1, -0.05) is 30.9 Å². The van der Waals surface area contributed by atoms with Crippen LogP contribution >= 0.6 is 34.6 Å². The Morgan fingerprint density at radius 2 is 2.23 bits per heavy atom. The molecule has 22 heavy (non-hydrogen) atoms. The molecule has 0 aliphatic rings. The van der Waals surface area contributed by atoms with E-state index in [0.29, 0.717) is 0 Å². The van der Waals surface area contributed by atoms with Gasteiger partial charge in [0.05, 0.1) is 21.3 Å². The first-order valence-electron chi connectivity index (χ1n) is 6.86. The minimum atomic E-state index is 0.865. The van der Waals surface area contributed by atoms with E-state index in [9.17, 15) is 0 Å². The van der Waals surface area contributed by atoms with E-state index in [1.807, 2.05) is 39.0 Å². The van der Waals surface area contributed by atoms with Crippen molar-refractivity contribution in [2.75, 3.05) is 10.5 Å². The van der Waals surface area contributed by atoms with Crippen LogP contribution in [0.25, 0.3) is 10.6 Å². The predicted molar refractivity (Wildman–Crippen MR) is 102 cm³/mol. The molecule has 0 atom stereocenters. The lowest BCUT2D eigenvalue weighted by Gasteiger charge is -2.02. The van der Waals surface area contributed by atoms with E-state index < -0.39 is 0 Å². The van der Waals surface area contributed by atoms with Gasteiger partial charge in [0.2, 0.25) is 0 Å². The maximum absolute atomic E-state index is 4.64. The predicted octanol–water partition coefficient (Wildman–Crippen LogP) is 5.63. The van der Waals surface area contributed by atoms with Gasteiger partial charge in [-0.3, -0.25) is 0 Å². The molecule has 0 aromatic carbocycles. The van der Waals surface area contributed by atoms with Crippen molar-refractivity contribution < 1.29 is 0 Å². The number of allylic oxidation sites excluding steroid dienone is 4. The van der Waals surface area contributed by atoms with Crippen LogP contribution in [0.4, 0.5) is 5.13 Å². The lowest BCUT2D eigenvalue weighted by atomic mass is 10.2. The van der Waals surface area contributed by atoms with Gasteiger partial charge in [0.1, 0.15) is 0 Å². The average molecular weight is 350 g/mol. The summed E-state index contributed by atoms with van der Waals surface area (Å²) in [5.41, 5.74) is 3.28. The summed E-state index contributed by atoms with van der Waals surface area (Å²) in [4.78, 5) is 10.3. The van der Waals surface area contributed by atoms with Crippen LogP contribution in [0.1, 0.15) is 17.6 Å². The largest absolute Gasteiger partial charge is 0.305 e. The molecule has 0 aliphatic carbocycles. The number of anilines is 1. The minimum absolute atomic E-state index is 0.865. The van der Waals surface area contributed by atoms with E-state index in [-0.39, 0.29) is 0 Å². The van der Waals surface area contributed by atoms with E-state index in [2.05, 4.69) is 32.7 Å². The topological polar surface area (TPSA) is 37.8 Å². The van der Waals surface area contributed by atoms with Crippen molar-refractivity contribution in [2.45, 2.75) is 20.8 Å². The molecule has 1 N–H and O–H groups in total. The number of nitrogens with one attached hydrogen (secondary N) is 1. The lowest BCUT2D eigenvalue weighted by Crippen LogP contribution is -1.91. The van der Waals surface area contributed by atoms with Crippen LogP contribution in [-0.2, 0) is 0 Å². The molecule has 2 aromatic rings. The van der Waals surface area contributed by atoms with Crippen molar-refractivity contribution in [3.8, 4) is 10.6 Å². The molecule has 0 radical (unpaired) electrons. The van der Waals surface area contributed by atoms with E-state index in [1.54, 1.807) is 34.6 Å². The number of nitrogens with zero attached hydrogens (tertiary/aromatic N) is 2. The Morgan fingerprint density at radius 3 is 2.86 bits per heavy atom. The molecule has 116 valence electrons. The molecular formula is C16H19N3S3. The number of aryl methyl sites for hydroxylation is 2. The van der Waals surface area contributed by atoms with Gasteiger partial charge in [0, 0.05) is 11.1 Å². The smallest absolute Gasteiger partial charge is 0.193 e. The van der Waals surface area contributed by atoms with E-state index in [4.69, 9.17) is 0 Å². The maximum atomic E-state index is 4.64. The highest BCUT2D eigenvalue weighted by Crippen LogP contribution is 2.32. The van der Waals surface area contributed by atoms with Gasteiger partial charge in [-0.2, -0.15) is 0 Å². The van der Waals surface area contributed by atoms with Crippen molar-refractivity contribution in [1.29, 1.82) is 0 Å². The summed E-state index contributed by atoms with van der Waals surface area (Å²) in [7, 11) is 0. The molecule has 0 saturated heterocycles. The summed E-state index contributed by atoms with van der Waals surface area (Å²) in [6.45, 7) is 9.81. The Balaban J connectivity index is 1.97. The highest BCUT2D eigenvalue weighted by atomic mass is 32.2. The van der Waals surface area contributed by atoms with E-state index in [0.717, 1.165) is 32.2 Å². The molecule has 0 bridgehead atoms. The summed E-state index contributed by atoms with van der Waals surface area (Å²) >= 11 is 4.94. The maximum Gasteiger partial charge on any atom is 0.193 e. The highest BCUT2D eigenvalue weighted by Gasteiger charge is 2.11. The minimum Gasteiger partial charge on any atom is -0.305 e. The molecule has 2 heterocycles. The van der Waals surface area contributed by atoms with Gasteiger partial charge >= 0.3 is 0 Å². The van der Waals surface area contributed by atoms with Crippen LogP contribution in [0.3, 0.4) is 0 Å². The molecule has 2 rings (SSSR count). The molecular weight excluding hydrogens is 330 g/mol. The fourth-order valence-corrected chi connectivity index (χ4v) is 4.36. The van der Waals surface area contributed by atoms with Crippen molar-refractivity contribution in [1.82, 2.24) is 9.97 Å². The Bertz CT molecular complexity index is 695. The molecule has 0 saturated carbocycles. The molecule has 3 nitrogen and oxygen atoms in total. The second-order valence-electron chi connectivity index (χ2n) is 4.55. The zero-order valence-corrected chi connectivity index (χ0v) is 15.4. The van der Waals surface area contributed by atoms with Gasteiger partial charge in [-0.05, 0) is 38.3 Å². The van der Waals surface area contributed by atoms with Gasteiger partial charge in [0.25, 0.3) is 0 Å². The van der Waals surface area contributed by atoms with Gasteiger partial charge < -0.3 is 4.72 Å². The Kier molecular flexibility index (Phi) is 6.42. The summed E-state index contributed by atoms with van der Waals surface area (Å²) < 4.78 is 3.31. The molecule has 2 aromatic heterocycles. The zero-order chi connectivity index (χ0) is 15.9. The monoisotopic (exact) mass is 349 g/mol. The fraction of sp³-hybridized carbons (Fsp3) is 0.250. The lowest BCUT2D eigenvalue weighted by molar-refractivity contribution is 1.20. The molecule has 0 aliphatic heterocycles. The molecule has 0 amide bonds. The van der Waals surface area contributed by atoms with Crippen molar-refractivity contribution in [3.63, 3.8) is 0 Å². The van der Waals surface area contributed by atoms with Crippen LogP contribution in [0.15, 0.2) is 41.8 Å². The highest BCUT2D eigenvalue weighted by molar-refractivity contribution is 8.00. The van der Waals surface area contributed by atoms with Crippen LogP contribution in [0, 0.1) is 13.8 Å². The van der Waals surface area contributed by atoms with Crippen molar-refractivity contribution >= 4 is 39.8 Å². The molecule has 0 spiro atoms. The third-order valence-electron chi connectivity index (χ3n) is 2.75. The van der Waals surface area contributed by atoms with Crippen LogP contribution in [0.2, 0.25) is 0 Å². The fourth-order valence-electron chi connectivity index (χ4n) is 1.89. The Labute approximate surface area is 144 Å². The van der Waals surface area contributed by atoms with E-state index in [1.165, 1.54) is 5.57 Å². The summed E-state index contributed by atoms with van der Waals surface area (Å²) in [5.74, 6) is 0.865. The SMILES string of the molecule is C=C/C=C(\C=C/C)CSNc1nc(-c2sc(C)nc2C)cs1. The second-order valence-corrected chi connectivity index (χ2v) is 7.40. The number of hydrogen-bond acceptors (Lipinski definition) is 6. The zero-order valence-electron chi connectivity index (χ0n) is 12.9. The van der Waals surface area contributed by atoms with Crippen molar-refractivity contribution in [2.24, 2.45) is 0 Å². The van der Waals surface area contributed by atoms with Gasteiger partial charge in [0.15, 0.2) is 5.13 Å².